The second-order valence-corrected chi connectivity index (χ2v) is 14.3. The monoisotopic (exact) mass is 792 g/mol. The van der Waals surface area contributed by atoms with Crippen molar-refractivity contribution in [2.75, 3.05) is 17.2 Å². The number of anilines is 4. The average molecular weight is 793 g/mol. The van der Waals surface area contributed by atoms with Crippen molar-refractivity contribution in [2.45, 2.75) is 52.3 Å². The molecule has 0 atom stereocenters. The number of nitrogens with one attached hydrogen (secondary N) is 8. The number of hydrogen-bond acceptors (Lipinski definition) is 14. The van der Waals surface area contributed by atoms with E-state index in [1.807, 2.05) is 80.6 Å². The molecule has 1 aliphatic carbocycles. The van der Waals surface area contributed by atoms with Crippen LogP contribution in [0.3, 0.4) is 0 Å². The van der Waals surface area contributed by atoms with Crippen LogP contribution in [0.5, 0.6) is 0 Å². The summed E-state index contributed by atoms with van der Waals surface area (Å²) < 4.78 is 12.0. The lowest BCUT2D eigenvalue weighted by Crippen LogP contribution is -2.37. The zero-order chi connectivity index (χ0) is 40.1. The molecule has 0 aliphatic heterocycles. The first kappa shape index (κ1) is 36.9. The Morgan fingerprint density at radius 2 is 1.58 bits per heavy atom. The van der Waals surface area contributed by atoms with Crippen molar-refractivity contribution in [3.05, 3.63) is 114 Å². The molecule has 8 N–H and O–H groups in total. The van der Waals surface area contributed by atoms with E-state index in [1.54, 1.807) is 12.4 Å². The SMILES string of the molecule is CC(C)NC(=O)CNCc1ccc(-c2nc(Nc3cc(Cc4nnc(COC5=CC=C(c6nc(Nc7ccc8[nH]ncc8c7)n[nH]6)CC5)o4)c4[nH]ncc4c3)n[nH]2)cc1. The number of aromatic amines is 4. The van der Waals surface area contributed by atoms with Gasteiger partial charge in [-0.15, -0.1) is 20.4 Å². The molecule has 0 fully saturated rings. The van der Waals surface area contributed by atoms with Crippen molar-refractivity contribution in [1.82, 2.24) is 71.6 Å². The van der Waals surface area contributed by atoms with Gasteiger partial charge >= 0.3 is 0 Å². The van der Waals surface area contributed by atoms with Crippen molar-refractivity contribution in [3.8, 4) is 11.4 Å². The molecule has 8 aromatic rings. The van der Waals surface area contributed by atoms with E-state index in [0.717, 1.165) is 67.6 Å². The Labute approximate surface area is 336 Å². The fraction of sp³-hybridized carbons (Fsp3) is 0.225. The third-order valence-electron chi connectivity index (χ3n) is 9.49. The minimum Gasteiger partial charge on any atom is -0.488 e. The maximum absolute atomic E-state index is 11.9. The van der Waals surface area contributed by atoms with Gasteiger partial charge < -0.3 is 30.4 Å². The zero-order valence-corrected chi connectivity index (χ0v) is 32.1. The smallest absolute Gasteiger partial charge is 0.253 e. The highest BCUT2D eigenvalue weighted by Gasteiger charge is 2.17. The number of carbonyl (C=O) groups is 1. The van der Waals surface area contributed by atoms with Gasteiger partial charge in [-0.05, 0) is 73.4 Å². The van der Waals surface area contributed by atoms with Crippen molar-refractivity contribution in [3.63, 3.8) is 0 Å². The number of nitrogens with zero attached hydrogens (tertiary/aromatic N) is 8. The van der Waals surface area contributed by atoms with Crippen LogP contribution in [0.15, 0.2) is 89.3 Å². The van der Waals surface area contributed by atoms with E-state index >= 15 is 0 Å². The lowest BCUT2D eigenvalue weighted by molar-refractivity contribution is -0.120. The van der Waals surface area contributed by atoms with E-state index in [4.69, 9.17) is 9.15 Å². The fourth-order valence-corrected chi connectivity index (χ4v) is 6.67. The molecule has 9 rings (SSSR count). The molecule has 19 heteroatoms. The van der Waals surface area contributed by atoms with Crippen LogP contribution in [-0.4, -0.2) is 79.4 Å². The Balaban J connectivity index is 0.786. The number of benzene rings is 3. The van der Waals surface area contributed by atoms with Crippen LogP contribution in [0, 0.1) is 0 Å². The Morgan fingerprint density at radius 1 is 0.814 bits per heavy atom. The van der Waals surface area contributed by atoms with Gasteiger partial charge in [-0.2, -0.15) is 20.2 Å². The number of fused-ring (bicyclic) bond motifs is 2. The maximum Gasteiger partial charge on any atom is 0.253 e. The number of H-pyrrole nitrogens is 4. The first-order chi connectivity index (χ1) is 28.9. The number of aromatic nitrogens is 12. The topological polar surface area (TPSA) is 254 Å². The van der Waals surface area contributed by atoms with Gasteiger partial charge in [0.1, 0.15) is 0 Å². The summed E-state index contributed by atoms with van der Waals surface area (Å²) in [5.74, 6) is 3.80. The van der Waals surface area contributed by atoms with Gasteiger partial charge in [-0.1, -0.05) is 30.3 Å². The molecule has 0 radical (unpaired) electrons. The van der Waals surface area contributed by atoms with Crippen molar-refractivity contribution >= 4 is 56.6 Å². The summed E-state index contributed by atoms with van der Waals surface area (Å²) in [6, 6.07) is 17.9. The Kier molecular flexibility index (Phi) is 10.3. The molecular weight excluding hydrogens is 753 g/mol. The summed E-state index contributed by atoms with van der Waals surface area (Å²) in [4.78, 5) is 21.2. The molecular formula is C40H40N16O3. The molecule has 0 saturated heterocycles. The second-order valence-electron chi connectivity index (χ2n) is 14.3. The molecule has 5 aromatic heterocycles. The number of carbonyl (C=O) groups excluding carboxylic acids is 1. The molecule has 3 aromatic carbocycles. The second kappa shape index (κ2) is 16.4. The Hall–Kier alpha value is -7.67. The number of allylic oxidation sites excluding steroid dienone is 4. The largest absolute Gasteiger partial charge is 0.488 e. The third-order valence-corrected chi connectivity index (χ3v) is 9.49. The van der Waals surface area contributed by atoms with Crippen LogP contribution < -0.4 is 21.3 Å². The lowest BCUT2D eigenvalue weighted by atomic mass is 10.0. The first-order valence-corrected chi connectivity index (χ1v) is 19.1. The van der Waals surface area contributed by atoms with E-state index in [2.05, 4.69) is 82.2 Å². The van der Waals surface area contributed by atoms with E-state index < -0.39 is 0 Å². The van der Waals surface area contributed by atoms with E-state index in [0.29, 0.717) is 54.7 Å². The molecule has 0 unspecified atom stereocenters. The number of ether oxygens (including phenoxy) is 1. The highest BCUT2D eigenvalue weighted by molar-refractivity contribution is 5.86. The molecule has 298 valence electrons. The minimum absolute atomic E-state index is 0.0290. The van der Waals surface area contributed by atoms with Gasteiger partial charge in [-0.25, -0.2) is 0 Å². The van der Waals surface area contributed by atoms with E-state index in [-0.39, 0.29) is 25.1 Å². The van der Waals surface area contributed by atoms with Gasteiger partial charge in [0.2, 0.25) is 23.7 Å². The van der Waals surface area contributed by atoms with Crippen LogP contribution in [-0.2, 0) is 29.1 Å². The molecule has 1 amide bonds. The van der Waals surface area contributed by atoms with Gasteiger partial charge in [0.25, 0.3) is 5.89 Å². The van der Waals surface area contributed by atoms with Gasteiger partial charge in [-0.3, -0.25) is 25.2 Å². The van der Waals surface area contributed by atoms with Crippen LogP contribution >= 0.6 is 0 Å². The quantitative estimate of drug-likeness (QED) is 0.0585. The summed E-state index contributed by atoms with van der Waals surface area (Å²) in [5, 5.41) is 52.1. The van der Waals surface area contributed by atoms with Gasteiger partial charge in [0.05, 0.1) is 42.2 Å². The number of hydrogen-bond donors (Lipinski definition) is 8. The van der Waals surface area contributed by atoms with Crippen LogP contribution in [0.25, 0.3) is 38.8 Å². The molecule has 59 heavy (non-hydrogen) atoms. The van der Waals surface area contributed by atoms with Crippen molar-refractivity contribution in [2.24, 2.45) is 0 Å². The fourth-order valence-electron chi connectivity index (χ4n) is 6.67. The predicted molar refractivity (Wildman–Crippen MR) is 219 cm³/mol. The van der Waals surface area contributed by atoms with Gasteiger partial charge in [0, 0.05) is 46.7 Å². The first-order valence-electron chi connectivity index (χ1n) is 19.1. The molecule has 0 spiro atoms. The van der Waals surface area contributed by atoms with Crippen LogP contribution in [0.2, 0.25) is 0 Å². The van der Waals surface area contributed by atoms with E-state index in [1.165, 1.54) is 0 Å². The highest BCUT2D eigenvalue weighted by atomic mass is 16.5. The summed E-state index contributed by atoms with van der Waals surface area (Å²) in [6.07, 6.45) is 9.21. The van der Waals surface area contributed by atoms with Crippen molar-refractivity contribution in [1.29, 1.82) is 0 Å². The third kappa shape index (κ3) is 8.84. The van der Waals surface area contributed by atoms with Crippen LogP contribution in [0.4, 0.5) is 23.3 Å². The summed E-state index contributed by atoms with van der Waals surface area (Å²) in [6.45, 7) is 4.85. The average Bonchev–Trinajstić information content (AvgIpc) is 4.09. The highest BCUT2D eigenvalue weighted by Crippen LogP contribution is 2.29. The molecule has 0 saturated carbocycles. The maximum atomic E-state index is 11.9. The lowest BCUT2D eigenvalue weighted by Gasteiger charge is -2.13. The minimum atomic E-state index is -0.0290. The normalized spacial score (nSPS) is 12.9. The molecule has 19 nitrogen and oxygen atoms in total. The summed E-state index contributed by atoms with van der Waals surface area (Å²) in [7, 11) is 0. The number of amides is 1. The molecule has 1 aliphatic rings. The zero-order valence-electron chi connectivity index (χ0n) is 32.1. The molecule has 0 bridgehead atoms. The van der Waals surface area contributed by atoms with E-state index in [9.17, 15) is 4.79 Å². The van der Waals surface area contributed by atoms with Crippen molar-refractivity contribution < 1.29 is 13.9 Å². The standard InChI is InChI=1S/C40H40N16O3/c1-22(2)44-33(57)20-41-17-23-3-5-24(6-4-23)37-48-40(56-53-37)46-30-13-26(36-28(15-30)19-43-52-36)16-34-50-51-35(59-34)21-58-31-10-7-25(8-11-31)38-47-39(55-54-38)45-29-9-12-32-27(14-29)18-42-49-32/h3-7,9-10,12-15,18-19,22,41H,8,11,16-17,20-21H2,1-2H3,(H,42,49)(H,43,52)(H,44,57)(H2,45,47,54,55)(H2,46,48,53,56). The van der Waals surface area contributed by atoms with Gasteiger partial charge in [0.15, 0.2) is 18.3 Å². The Bertz CT molecular complexity index is 2790. The number of rotatable bonds is 16. The predicted octanol–water partition coefficient (Wildman–Crippen LogP) is 5.70. The summed E-state index contributed by atoms with van der Waals surface area (Å²) in [5.41, 5.74) is 7.31. The molecule has 5 heterocycles. The summed E-state index contributed by atoms with van der Waals surface area (Å²) >= 11 is 0. The van der Waals surface area contributed by atoms with Crippen LogP contribution in [0.1, 0.15) is 55.4 Å². The Morgan fingerprint density at radius 3 is 2.41 bits per heavy atom.